The first-order valence-electron chi connectivity index (χ1n) is 10.5. The zero-order valence-corrected chi connectivity index (χ0v) is 19.9. The number of carbonyl (C=O) groups excluding carboxylic acids is 2. The van der Waals surface area contributed by atoms with E-state index < -0.39 is 22.7 Å². The number of aryl methyl sites for hydroxylation is 1. The minimum atomic E-state index is -1.28. The van der Waals surface area contributed by atoms with Crippen molar-refractivity contribution in [3.8, 4) is 0 Å². The second kappa shape index (κ2) is 9.00. The van der Waals surface area contributed by atoms with Gasteiger partial charge in [-0.25, -0.2) is 4.21 Å². The second-order valence-corrected chi connectivity index (χ2v) is 10.8. The highest BCUT2D eigenvalue weighted by atomic mass is 32.2. The predicted octanol–water partition coefficient (Wildman–Crippen LogP) is 4.95. The molecule has 0 fully saturated rings. The number of carbonyl (C=O) groups is 2. The van der Waals surface area contributed by atoms with E-state index in [9.17, 15) is 13.8 Å². The first kappa shape index (κ1) is 22.4. The number of Topliss-reactive ketones (excluding diaryl/α,β-unsaturated/α-hetero) is 1. The van der Waals surface area contributed by atoms with Gasteiger partial charge < -0.3 is 5.32 Å². The molecule has 0 saturated carbocycles. The molecule has 1 aromatic carbocycles. The minimum absolute atomic E-state index is 0.302. The zero-order chi connectivity index (χ0) is 23.0. The molecule has 4 rings (SSSR count). The van der Waals surface area contributed by atoms with Crippen LogP contribution in [0, 0.1) is 5.92 Å². The fourth-order valence-electron chi connectivity index (χ4n) is 4.25. The Bertz CT molecular complexity index is 1180. The van der Waals surface area contributed by atoms with Gasteiger partial charge in [0.05, 0.1) is 4.91 Å². The molecule has 7 heteroatoms. The largest absolute Gasteiger partial charge is 0.310 e. The summed E-state index contributed by atoms with van der Waals surface area (Å²) in [6.45, 7) is 12.1. The number of nitrogens with zero attached hydrogens (tertiary/aromatic N) is 1. The van der Waals surface area contributed by atoms with Crippen molar-refractivity contribution in [2.45, 2.75) is 33.1 Å². The van der Waals surface area contributed by atoms with E-state index in [-0.39, 0.29) is 0 Å². The molecule has 0 saturated heterocycles. The van der Waals surface area contributed by atoms with Gasteiger partial charge in [-0.1, -0.05) is 43.5 Å². The van der Waals surface area contributed by atoms with Crippen LogP contribution in [0.2, 0.25) is 0 Å². The fourth-order valence-corrected chi connectivity index (χ4v) is 6.99. The summed E-state index contributed by atoms with van der Waals surface area (Å²) >= 11 is 1.53. The van der Waals surface area contributed by atoms with Gasteiger partial charge in [-0.05, 0) is 54.9 Å². The molecule has 2 heterocycles. The number of amides is 1. The van der Waals surface area contributed by atoms with Crippen molar-refractivity contribution in [1.82, 2.24) is 4.31 Å². The molecule has 1 N–H and O–H groups in total. The normalized spacial score (nSPS) is 20.0. The van der Waals surface area contributed by atoms with Gasteiger partial charge in [0.2, 0.25) is 5.78 Å². The predicted molar refractivity (Wildman–Crippen MR) is 132 cm³/mol. The number of hydrogen-bond acceptors (Lipinski definition) is 4. The van der Waals surface area contributed by atoms with Gasteiger partial charge in [0.25, 0.3) is 5.91 Å². The number of rotatable bonds is 6. The first-order chi connectivity index (χ1) is 15.3. The summed E-state index contributed by atoms with van der Waals surface area (Å²) in [6, 6.07) is 9.77. The zero-order valence-electron chi connectivity index (χ0n) is 18.3. The van der Waals surface area contributed by atoms with Crippen molar-refractivity contribution in [2.24, 2.45) is 5.92 Å². The molecule has 2 atom stereocenters. The molecule has 166 valence electrons. The highest BCUT2D eigenvalue weighted by molar-refractivity contribution is 7.92. The number of thiophene rings is 1. The van der Waals surface area contributed by atoms with Gasteiger partial charge in [0.1, 0.15) is 5.00 Å². The van der Waals surface area contributed by atoms with Crippen LogP contribution in [-0.4, -0.2) is 26.7 Å². The molecule has 2 aliphatic rings. The van der Waals surface area contributed by atoms with E-state index in [4.69, 9.17) is 0 Å². The third kappa shape index (κ3) is 4.27. The van der Waals surface area contributed by atoms with Gasteiger partial charge in [-0.2, -0.15) is 0 Å². The van der Waals surface area contributed by atoms with Crippen molar-refractivity contribution in [3.05, 3.63) is 76.8 Å². The lowest BCUT2D eigenvalue weighted by molar-refractivity contribution is -0.133. The Balaban J connectivity index is 1.53. The molecular weight excluding hydrogens is 440 g/mol. The number of fused-ring (bicyclic) bond motifs is 1. The number of allylic oxidation sites excluding steroid dienone is 2. The van der Waals surface area contributed by atoms with Gasteiger partial charge in [-0.15, -0.1) is 11.3 Å². The van der Waals surface area contributed by atoms with Crippen molar-refractivity contribution in [2.75, 3.05) is 11.9 Å². The first-order valence-corrected chi connectivity index (χ1v) is 12.5. The SMILES string of the molecule is C=C(C)c1c(NC(=O)C(C)=O)sc2c1CC(CN1C(=C)C=C(c3ccccc3)S1=O)CC2. The molecule has 0 bridgehead atoms. The van der Waals surface area contributed by atoms with Crippen LogP contribution in [0.1, 0.15) is 41.8 Å². The lowest BCUT2D eigenvalue weighted by Crippen LogP contribution is -2.30. The molecular formula is C25H26N2O3S2. The molecule has 0 spiro atoms. The second-order valence-electron chi connectivity index (χ2n) is 8.28. The van der Waals surface area contributed by atoms with E-state index in [0.717, 1.165) is 46.6 Å². The standard InChI is InChI=1S/C25H26N2O3S2/c1-15(2)23-20-13-18(10-11-21(20)31-25(23)26-24(29)17(4)28)14-27-16(3)12-22(32(27)30)19-8-6-5-7-9-19/h5-9,12,18H,1,3,10-11,13-14H2,2,4H3,(H,26,29). The smallest absolute Gasteiger partial charge is 0.292 e. The Morgan fingerprint density at radius 3 is 2.62 bits per heavy atom. The Morgan fingerprint density at radius 2 is 1.97 bits per heavy atom. The lowest BCUT2D eigenvalue weighted by Gasteiger charge is -2.28. The molecule has 1 aliphatic carbocycles. The van der Waals surface area contributed by atoms with Gasteiger partial charge in [0.15, 0.2) is 11.0 Å². The van der Waals surface area contributed by atoms with Crippen LogP contribution >= 0.6 is 11.3 Å². The number of benzene rings is 1. The monoisotopic (exact) mass is 466 g/mol. The third-order valence-corrected chi connectivity index (χ3v) is 8.55. The van der Waals surface area contributed by atoms with E-state index in [1.807, 2.05) is 47.6 Å². The van der Waals surface area contributed by atoms with Crippen molar-refractivity contribution in [3.63, 3.8) is 0 Å². The molecule has 1 amide bonds. The molecule has 2 aromatic rings. The third-order valence-electron chi connectivity index (χ3n) is 5.83. The highest BCUT2D eigenvalue weighted by Crippen LogP contribution is 2.43. The van der Waals surface area contributed by atoms with Crippen molar-refractivity contribution in [1.29, 1.82) is 0 Å². The number of nitrogens with one attached hydrogen (secondary N) is 1. The number of ketones is 1. The maximum atomic E-state index is 13.2. The minimum Gasteiger partial charge on any atom is -0.310 e. The summed E-state index contributed by atoms with van der Waals surface area (Å²) in [5.74, 6) is -0.819. The van der Waals surface area contributed by atoms with Crippen LogP contribution in [0.15, 0.2) is 55.3 Å². The molecule has 1 aromatic heterocycles. The van der Waals surface area contributed by atoms with Crippen LogP contribution in [0.3, 0.4) is 0 Å². The number of hydrogen-bond donors (Lipinski definition) is 1. The fraction of sp³-hybridized carbons (Fsp3) is 0.280. The van der Waals surface area contributed by atoms with Crippen molar-refractivity contribution >= 4 is 49.5 Å². The summed E-state index contributed by atoms with van der Waals surface area (Å²) in [5, 5.41) is 3.46. The lowest BCUT2D eigenvalue weighted by atomic mass is 9.85. The molecule has 1 aliphatic heterocycles. The van der Waals surface area contributed by atoms with E-state index >= 15 is 0 Å². The summed E-state index contributed by atoms with van der Waals surface area (Å²) in [6.07, 6.45) is 4.57. The average Bonchev–Trinajstić information content (AvgIpc) is 3.25. The van der Waals surface area contributed by atoms with Gasteiger partial charge in [-0.3, -0.25) is 13.9 Å². The molecule has 2 unspecified atom stereocenters. The Labute approximate surface area is 195 Å². The molecule has 5 nitrogen and oxygen atoms in total. The average molecular weight is 467 g/mol. The summed E-state index contributed by atoms with van der Waals surface area (Å²) in [7, 11) is -1.28. The van der Waals surface area contributed by atoms with Crippen molar-refractivity contribution < 1.29 is 13.8 Å². The van der Waals surface area contributed by atoms with Crippen LogP contribution in [-0.2, 0) is 33.4 Å². The highest BCUT2D eigenvalue weighted by Gasteiger charge is 2.32. The van der Waals surface area contributed by atoms with E-state index in [1.54, 1.807) is 0 Å². The quantitative estimate of drug-likeness (QED) is 0.613. The number of anilines is 1. The maximum absolute atomic E-state index is 13.2. The Morgan fingerprint density at radius 1 is 1.25 bits per heavy atom. The van der Waals surface area contributed by atoms with Crippen LogP contribution in [0.4, 0.5) is 5.00 Å². The van der Waals surface area contributed by atoms with Gasteiger partial charge >= 0.3 is 0 Å². The molecule has 0 radical (unpaired) electrons. The summed E-state index contributed by atoms with van der Waals surface area (Å²) < 4.78 is 15.1. The molecule has 32 heavy (non-hydrogen) atoms. The maximum Gasteiger partial charge on any atom is 0.292 e. The van der Waals surface area contributed by atoms with Crippen LogP contribution in [0.5, 0.6) is 0 Å². The van der Waals surface area contributed by atoms with E-state index in [1.165, 1.54) is 28.7 Å². The van der Waals surface area contributed by atoms with Crippen LogP contribution < -0.4 is 5.32 Å². The summed E-state index contributed by atoms with van der Waals surface area (Å²) in [5.41, 5.74) is 4.71. The van der Waals surface area contributed by atoms with Crippen LogP contribution in [0.25, 0.3) is 10.5 Å². The van der Waals surface area contributed by atoms with E-state index in [0.29, 0.717) is 17.5 Å². The van der Waals surface area contributed by atoms with E-state index in [2.05, 4.69) is 18.5 Å². The summed E-state index contributed by atoms with van der Waals surface area (Å²) in [4.78, 5) is 25.4. The Hall–Kier alpha value is -2.77. The van der Waals surface area contributed by atoms with Gasteiger partial charge in [0, 0.05) is 29.6 Å². The topological polar surface area (TPSA) is 66.5 Å². The Kier molecular flexibility index (Phi) is 6.31.